The number of benzene rings is 1. The second kappa shape index (κ2) is 7.64. The molecule has 1 saturated heterocycles. The van der Waals surface area contributed by atoms with Crippen molar-refractivity contribution >= 4 is 6.09 Å². The number of pyridine rings is 2. The molecule has 3 heterocycles. The summed E-state index contributed by atoms with van der Waals surface area (Å²) in [6.07, 6.45) is 2.08. The van der Waals surface area contributed by atoms with E-state index in [-0.39, 0.29) is 5.56 Å². The maximum atomic E-state index is 14.4. The third-order valence-corrected chi connectivity index (χ3v) is 4.27. The molecule has 1 fully saturated rings. The lowest BCUT2D eigenvalue weighted by molar-refractivity contribution is 0.131. The molecule has 2 atom stereocenters. The first-order chi connectivity index (χ1) is 14.0. The van der Waals surface area contributed by atoms with Crippen molar-refractivity contribution in [1.29, 1.82) is 0 Å². The fourth-order valence-electron chi connectivity index (χ4n) is 2.95. The third-order valence-electron chi connectivity index (χ3n) is 4.27. The van der Waals surface area contributed by atoms with Crippen LogP contribution in [0.5, 0.6) is 0 Å². The summed E-state index contributed by atoms with van der Waals surface area (Å²) in [6, 6.07) is 7.13. The van der Waals surface area contributed by atoms with Gasteiger partial charge in [-0.2, -0.15) is 4.39 Å². The Bertz CT molecular complexity index is 1140. The van der Waals surface area contributed by atoms with Crippen LogP contribution in [0.2, 0.25) is 0 Å². The minimum absolute atomic E-state index is 0.0642. The number of cyclic esters (lactones) is 1. The maximum absolute atomic E-state index is 14.4. The average Bonchev–Trinajstić information content (AvgIpc) is 3.09. The number of carbonyl (C=O) groups is 1. The van der Waals surface area contributed by atoms with Crippen molar-refractivity contribution in [2.45, 2.75) is 12.1 Å². The first-order valence-electron chi connectivity index (χ1n) is 8.50. The normalized spacial score (nSPS) is 17.8. The van der Waals surface area contributed by atoms with Crippen LogP contribution in [0.15, 0.2) is 55.0 Å². The number of nitrogens with one attached hydrogen (secondary N) is 1. The highest BCUT2D eigenvalue weighted by Crippen LogP contribution is 2.37. The molecule has 5 nitrogen and oxygen atoms in total. The Morgan fingerprint density at radius 2 is 1.66 bits per heavy atom. The fourth-order valence-corrected chi connectivity index (χ4v) is 2.95. The van der Waals surface area contributed by atoms with Crippen molar-refractivity contribution in [3.8, 4) is 11.8 Å². The van der Waals surface area contributed by atoms with Crippen molar-refractivity contribution < 1.29 is 22.7 Å². The smallest absolute Gasteiger partial charge is 0.408 e. The van der Waals surface area contributed by atoms with Crippen molar-refractivity contribution in [3.05, 3.63) is 94.8 Å². The Morgan fingerprint density at radius 3 is 2.38 bits per heavy atom. The number of aromatic nitrogens is 2. The Balaban J connectivity index is 1.68. The van der Waals surface area contributed by atoms with Crippen LogP contribution in [0.1, 0.15) is 34.4 Å². The van der Waals surface area contributed by atoms with Crippen LogP contribution in [-0.2, 0) is 4.74 Å². The summed E-state index contributed by atoms with van der Waals surface area (Å²) in [4.78, 5) is 19.2. The summed E-state index contributed by atoms with van der Waals surface area (Å²) in [5.41, 5.74) is 1.26. The lowest BCUT2D eigenvalue weighted by atomic mass is 9.96. The highest BCUT2D eigenvalue weighted by atomic mass is 19.1. The molecule has 1 aromatic carbocycles. The summed E-state index contributed by atoms with van der Waals surface area (Å²) >= 11 is 0. The van der Waals surface area contributed by atoms with Crippen LogP contribution < -0.4 is 5.32 Å². The first-order valence-corrected chi connectivity index (χ1v) is 8.50. The number of ether oxygens (including phenoxy) is 1. The molecule has 0 unspecified atom stereocenters. The minimum Gasteiger partial charge on any atom is -0.439 e. The lowest BCUT2D eigenvalue weighted by Crippen LogP contribution is -2.21. The highest BCUT2D eigenvalue weighted by Gasteiger charge is 2.38. The molecule has 3 aromatic rings. The van der Waals surface area contributed by atoms with Crippen LogP contribution in [0.25, 0.3) is 0 Å². The standard InChI is InChI=1S/C21H12F3N3O2/c22-15-5-3-14(4-6-15)19-18(27-21(28)29-19)17-8-13(10-26-20(17)24)2-1-12-7-16(23)11-25-9-12/h3-11,18-19H,(H,27,28)/t18-,19-/m1/s1. The molecule has 144 valence electrons. The van der Waals surface area contributed by atoms with E-state index >= 15 is 0 Å². The largest absolute Gasteiger partial charge is 0.439 e. The van der Waals surface area contributed by atoms with Crippen molar-refractivity contribution in [1.82, 2.24) is 15.3 Å². The van der Waals surface area contributed by atoms with Crippen LogP contribution in [0.3, 0.4) is 0 Å². The topological polar surface area (TPSA) is 64.1 Å². The van der Waals surface area contributed by atoms with E-state index in [1.165, 1.54) is 48.8 Å². The molecule has 1 aliphatic heterocycles. The number of nitrogens with zero attached hydrogens (tertiary/aromatic N) is 2. The van der Waals surface area contributed by atoms with Gasteiger partial charge in [-0.25, -0.2) is 18.6 Å². The highest BCUT2D eigenvalue weighted by molar-refractivity contribution is 5.71. The van der Waals surface area contributed by atoms with E-state index in [4.69, 9.17) is 4.74 Å². The molecule has 1 N–H and O–H groups in total. The molecular formula is C21H12F3N3O2. The third kappa shape index (κ3) is 4.04. The Labute approximate surface area is 163 Å². The molecule has 0 saturated carbocycles. The second-order valence-electron chi connectivity index (χ2n) is 6.25. The zero-order valence-electron chi connectivity index (χ0n) is 14.7. The number of hydrogen-bond donors (Lipinski definition) is 1. The SMILES string of the molecule is O=C1N[C@H](c2cc(C#Cc3cncc(F)c3)cnc2F)[C@@H](c2ccc(F)cc2)O1. The number of carbonyl (C=O) groups excluding carboxylic acids is 1. The molecule has 0 spiro atoms. The van der Waals surface area contributed by atoms with Gasteiger partial charge in [-0.1, -0.05) is 24.0 Å². The molecule has 0 aliphatic carbocycles. The Hall–Kier alpha value is -3.86. The molecule has 0 bridgehead atoms. The number of halogens is 3. The number of alkyl carbamates (subject to hydrolysis) is 1. The van der Waals surface area contributed by atoms with E-state index in [9.17, 15) is 18.0 Å². The summed E-state index contributed by atoms with van der Waals surface area (Å²) in [5, 5.41) is 2.54. The van der Waals surface area contributed by atoms with Gasteiger partial charge in [0.15, 0.2) is 6.10 Å². The Morgan fingerprint density at radius 1 is 0.931 bits per heavy atom. The zero-order chi connectivity index (χ0) is 20.4. The van der Waals surface area contributed by atoms with Crippen LogP contribution in [0, 0.1) is 29.4 Å². The summed E-state index contributed by atoms with van der Waals surface area (Å²) < 4.78 is 46.1. The molecular weight excluding hydrogens is 383 g/mol. The van der Waals surface area contributed by atoms with Gasteiger partial charge in [0.2, 0.25) is 5.95 Å². The first kappa shape index (κ1) is 18.5. The number of hydrogen-bond acceptors (Lipinski definition) is 4. The Kier molecular flexibility index (Phi) is 4.87. The fraction of sp³-hybridized carbons (Fsp3) is 0.0952. The van der Waals surface area contributed by atoms with Gasteiger partial charge < -0.3 is 10.1 Å². The average molecular weight is 395 g/mol. The van der Waals surface area contributed by atoms with E-state index in [0.717, 1.165) is 6.20 Å². The predicted octanol–water partition coefficient (Wildman–Crippen LogP) is 3.82. The van der Waals surface area contributed by atoms with Crippen LogP contribution in [-0.4, -0.2) is 16.1 Å². The van der Waals surface area contributed by atoms with Crippen LogP contribution in [0.4, 0.5) is 18.0 Å². The minimum atomic E-state index is -0.877. The molecule has 1 aliphatic rings. The van der Waals surface area contributed by atoms with E-state index in [0.29, 0.717) is 16.7 Å². The molecule has 0 radical (unpaired) electrons. The van der Waals surface area contributed by atoms with E-state index in [1.54, 1.807) is 0 Å². The van der Waals surface area contributed by atoms with E-state index in [1.807, 2.05) is 0 Å². The lowest BCUT2D eigenvalue weighted by Gasteiger charge is -2.18. The van der Waals surface area contributed by atoms with Gasteiger partial charge >= 0.3 is 6.09 Å². The second-order valence-corrected chi connectivity index (χ2v) is 6.25. The van der Waals surface area contributed by atoms with Crippen molar-refractivity contribution in [2.24, 2.45) is 0 Å². The summed E-state index contributed by atoms with van der Waals surface area (Å²) in [6.45, 7) is 0. The molecule has 1 amide bonds. The molecule has 8 heteroatoms. The van der Waals surface area contributed by atoms with Crippen molar-refractivity contribution in [3.63, 3.8) is 0 Å². The summed E-state index contributed by atoms with van der Waals surface area (Å²) in [5.74, 6) is 3.72. The zero-order valence-corrected chi connectivity index (χ0v) is 14.7. The van der Waals surface area contributed by atoms with Gasteiger partial charge in [-0.05, 0) is 29.8 Å². The number of amides is 1. The van der Waals surface area contributed by atoms with Gasteiger partial charge in [0.25, 0.3) is 0 Å². The van der Waals surface area contributed by atoms with Gasteiger partial charge in [-0.15, -0.1) is 0 Å². The predicted molar refractivity (Wildman–Crippen MR) is 95.9 cm³/mol. The van der Waals surface area contributed by atoms with E-state index < -0.39 is 35.8 Å². The number of rotatable bonds is 2. The van der Waals surface area contributed by atoms with Crippen LogP contribution >= 0.6 is 0 Å². The van der Waals surface area contributed by atoms with Crippen molar-refractivity contribution in [2.75, 3.05) is 0 Å². The summed E-state index contributed by atoms with van der Waals surface area (Å²) in [7, 11) is 0. The van der Waals surface area contributed by atoms with E-state index in [2.05, 4.69) is 27.1 Å². The van der Waals surface area contributed by atoms with Gasteiger partial charge in [-0.3, -0.25) is 4.98 Å². The van der Waals surface area contributed by atoms with Gasteiger partial charge in [0, 0.05) is 29.1 Å². The molecule has 2 aromatic heterocycles. The van der Waals surface area contributed by atoms with Gasteiger partial charge in [0.05, 0.1) is 6.20 Å². The van der Waals surface area contributed by atoms with Gasteiger partial charge in [0.1, 0.15) is 17.7 Å². The quantitative estimate of drug-likeness (QED) is 0.529. The maximum Gasteiger partial charge on any atom is 0.408 e. The molecule has 29 heavy (non-hydrogen) atoms. The monoisotopic (exact) mass is 395 g/mol. The molecule has 4 rings (SSSR count).